The minimum Gasteiger partial charge on any atom is -0.544 e. The van der Waals surface area contributed by atoms with Gasteiger partial charge in [0.1, 0.15) is 17.1 Å². The molecule has 3 rings (SSSR count). The molecule has 4 nitrogen and oxygen atoms in total. The number of carboxylic acid groups (broad SMARTS) is 1. The molecule has 0 aliphatic carbocycles. The van der Waals surface area contributed by atoms with Gasteiger partial charge < -0.3 is 14.3 Å². The fourth-order valence-electron chi connectivity index (χ4n) is 2.02. The van der Waals surface area contributed by atoms with Crippen LogP contribution in [0.5, 0.6) is 0 Å². The van der Waals surface area contributed by atoms with Gasteiger partial charge in [0.15, 0.2) is 10.2 Å². The highest BCUT2D eigenvalue weighted by atomic mass is 127. The summed E-state index contributed by atoms with van der Waals surface area (Å²) < 4.78 is 64.5. The lowest BCUT2D eigenvalue weighted by Gasteiger charge is -2.24. The Morgan fingerprint density at radius 2 is 1.63 bits per heavy atom. The molecule has 0 N–H and O–H groups in total. The second-order valence-electron chi connectivity index (χ2n) is 5.29. The Balaban J connectivity index is 0.000000211. The van der Waals surface area contributed by atoms with Gasteiger partial charge in [0.05, 0.1) is 10.8 Å². The number of fused-ring (bicyclic) bond motifs is 2. The summed E-state index contributed by atoms with van der Waals surface area (Å²) in [7, 11) is 0. The number of carbonyl (C=O) groups excluding carboxylic acids is 1. The zero-order valence-corrected chi connectivity index (χ0v) is 15.5. The second kappa shape index (κ2) is 7.79. The van der Waals surface area contributed by atoms with Gasteiger partial charge in [-0.1, -0.05) is 12.1 Å². The number of aliphatic carboxylic acids is 1. The summed E-state index contributed by atoms with van der Waals surface area (Å²) >= 11 is 1.89. The molecular weight excluding hydrogens is 490 g/mol. The molecule has 0 unspecified atom stereocenters. The summed E-state index contributed by atoms with van der Waals surface area (Å²) in [4.78, 5) is 21.5. The van der Waals surface area contributed by atoms with E-state index in [1.807, 2.05) is 59.0 Å². The van der Waals surface area contributed by atoms with E-state index < -0.39 is 24.5 Å². The average Bonchev–Trinajstić information content (AvgIpc) is 2.63. The molecule has 144 valence electrons. The number of benzene rings is 2. The Hall–Kier alpha value is -2.24. The molecular formula is C17H10F5IO4. The number of carboxylic acids is 1. The summed E-state index contributed by atoms with van der Waals surface area (Å²) in [6.07, 6.45) is 0. The van der Waals surface area contributed by atoms with Gasteiger partial charge >= 0.3 is 11.8 Å². The highest BCUT2D eigenvalue weighted by Crippen LogP contribution is 2.33. The van der Waals surface area contributed by atoms with E-state index in [1.54, 1.807) is 6.07 Å². The van der Waals surface area contributed by atoms with Crippen LogP contribution < -0.4 is 33.1 Å². The molecule has 0 radical (unpaired) electrons. The van der Waals surface area contributed by atoms with Crippen molar-refractivity contribution in [1.29, 1.82) is 0 Å². The summed E-state index contributed by atoms with van der Waals surface area (Å²) in [5.41, 5.74) is 1.34. The maximum Gasteiger partial charge on any atom is 0.351 e. The lowest BCUT2D eigenvalue weighted by Crippen LogP contribution is -3.34. The van der Waals surface area contributed by atoms with Crippen LogP contribution in [0, 0.1) is 3.57 Å². The van der Waals surface area contributed by atoms with Crippen LogP contribution >= 0.6 is 0 Å². The van der Waals surface area contributed by atoms with Crippen LogP contribution in [0.4, 0.5) is 22.0 Å². The molecule has 0 bridgehead atoms. The van der Waals surface area contributed by atoms with Crippen LogP contribution in [0.25, 0.3) is 21.9 Å². The number of halogens is 6. The van der Waals surface area contributed by atoms with Crippen LogP contribution in [0.2, 0.25) is 0 Å². The highest BCUT2D eigenvalue weighted by molar-refractivity contribution is 5.89. The van der Waals surface area contributed by atoms with Crippen molar-refractivity contribution < 1.29 is 58.9 Å². The monoisotopic (exact) mass is 500 g/mol. The maximum absolute atomic E-state index is 12.2. The molecule has 0 saturated heterocycles. The van der Waals surface area contributed by atoms with E-state index in [9.17, 15) is 36.6 Å². The summed E-state index contributed by atoms with van der Waals surface area (Å²) in [5, 5.41) is 10.6. The first-order valence-corrected chi connectivity index (χ1v) is 8.33. The number of carbonyl (C=O) groups is 1. The van der Waals surface area contributed by atoms with Crippen molar-refractivity contribution >= 4 is 27.9 Å². The number of rotatable bonds is 3. The van der Waals surface area contributed by atoms with Gasteiger partial charge in [0, 0.05) is 6.07 Å². The minimum atomic E-state index is -5.46. The van der Waals surface area contributed by atoms with Crippen molar-refractivity contribution in [2.75, 3.05) is 6.67 Å². The summed E-state index contributed by atoms with van der Waals surface area (Å²) in [6, 6.07) is 13.0. The SMILES string of the molecule is O=C([O-])C(F)(F)C(F)(F)CF.O=c1c2ccccc2oc2ccc([IH+])cc12. The van der Waals surface area contributed by atoms with Gasteiger partial charge in [0.2, 0.25) is 5.43 Å². The zero-order valence-electron chi connectivity index (χ0n) is 13.2. The Labute approximate surface area is 161 Å². The van der Waals surface area contributed by atoms with Crippen molar-refractivity contribution in [2.45, 2.75) is 11.8 Å². The van der Waals surface area contributed by atoms with Gasteiger partial charge in [-0.3, -0.25) is 4.79 Å². The van der Waals surface area contributed by atoms with Crippen molar-refractivity contribution in [3.8, 4) is 0 Å². The van der Waals surface area contributed by atoms with Crippen molar-refractivity contribution in [3.05, 3.63) is 56.3 Å². The smallest absolute Gasteiger partial charge is 0.351 e. The van der Waals surface area contributed by atoms with Gasteiger partial charge in [-0.25, -0.2) is 4.39 Å². The molecule has 0 fully saturated rings. The first kappa shape index (κ1) is 21.1. The van der Waals surface area contributed by atoms with Gasteiger partial charge in [-0.2, -0.15) is 17.6 Å². The quantitative estimate of drug-likeness (QED) is 0.273. The third-order valence-electron chi connectivity index (χ3n) is 3.43. The summed E-state index contributed by atoms with van der Waals surface area (Å²) in [5.74, 6) is -14.0. The van der Waals surface area contributed by atoms with Crippen LogP contribution in [0.15, 0.2) is 51.7 Å². The van der Waals surface area contributed by atoms with E-state index in [0.29, 0.717) is 21.9 Å². The van der Waals surface area contributed by atoms with E-state index in [0.717, 1.165) is 3.57 Å². The Kier molecular flexibility index (Phi) is 6.07. The van der Waals surface area contributed by atoms with Crippen LogP contribution in [0.1, 0.15) is 0 Å². The Morgan fingerprint density at radius 3 is 2.19 bits per heavy atom. The first-order valence-electron chi connectivity index (χ1n) is 7.17. The standard InChI is InChI=1S/C13H8IO2.C4H3F5O2/c14-8-5-6-12-10(7-8)13(15)9-3-1-2-4-11(9)16-12;5-1-3(6,7)4(8,9)2(10)11/h1-7,14H;1H2,(H,10,11)/q+1;/p-1. The van der Waals surface area contributed by atoms with E-state index in [4.69, 9.17) is 4.42 Å². The molecule has 10 heteroatoms. The Bertz CT molecular complexity index is 1050. The molecule has 0 atom stereocenters. The normalized spacial score (nSPS) is 11.9. The van der Waals surface area contributed by atoms with Crippen LogP contribution in [-0.2, 0) is 4.79 Å². The van der Waals surface area contributed by atoms with Gasteiger partial charge in [-0.05, 0) is 24.3 Å². The zero-order chi connectivity index (χ0) is 20.4. The van der Waals surface area contributed by atoms with Crippen LogP contribution in [0.3, 0.4) is 0 Å². The summed E-state index contributed by atoms with van der Waals surface area (Å²) in [6.45, 7) is -2.74. The molecule has 1 aromatic heterocycles. The molecule has 0 amide bonds. The van der Waals surface area contributed by atoms with Gasteiger partial charge in [-0.15, -0.1) is 0 Å². The molecule has 0 aliphatic rings. The van der Waals surface area contributed by atoms with Crippen LogP contribution in [-0.4, -0.2) is 24.5 Å². The lowest BCUT2D eigenvalue weighted by atomic mass is 10.1. The highest BCUT2D eigenvalue weighted by Gasteiger charge is 2.57. The van der Waals surface area contributed by atoms with Crippen molar-refractivity contribution in [1.82, 2.24) is 0 Å². The average molecular weight is 500 g/mol. The number of alkyl halides is 5. The molecule has 2 aromatic carbocycles. The van der Waals surface area contributed by atoms with Crippen molar-refractivity contribution in [2.24, 2.45) is 0 Å². The molecule has 27 heavy (non-hydrogen) atoms. The number of para-hydroxylation sites is 1. The predicted octanol–water partition coefficient (Wildman–Crippen LogP) is -0.622. The maximum atomic E-state index is 12.2. The van der Waals surface area contributed by atoms with E-state index in [2.05, 4.69) is 0 Å². The molecule has 1 heterocycles. The molecule has 3 aromatic rings. The lowest BCUT2D eigenvalue weighted by molar-refractivity contribution is -0.349. The number of hydrogen-bond acceptors (Lipinski definition) is 4. The topological polar surface area (TPSA) is 70.3 Å². The van der Waals surface area contributed by atoms with E-state index in [-0.39, 0.29) is 5.43 Å². The third kappa shape index (κ3) is 4.20. The predicted molar refractivity (Wildman–Crippen MR) is 81.0 cm³/mol. The second-order valence-corrected chi connectivity index (χ2v) is 6.63. The molecule has 0 saturated carbocycles. The van der Waals surface area contributed by atoms with E-state index in [1.165, 1.54) is 0 Å². The van der Waals surface area contributed by atoms with Gasteiger partial charge in [0.25, 0.3) is 22.6 Å². The third-order valence-corrected chi connectivity index (χ3v) is 4.16. The largest absolute Gasteiger partial charge is 0.544 e. The van der Waals surface area contributed by atoms with Crippen molar-refractivity contribution in [3.63, 3.8) is 0 Å². The fourth-order valence-corrected chi connectivity index (χ4v) is 2.55. The van der Waals surface area contributed by atoms with E-state index >= 15 is 0 Å². The minimum absolute atomic E-state index is 0.0438. The first-order chi connectivity index (χ1) is 12.5. The molecule has 0 spiro atoms. The number of hydrogen-bond donors (Lipinski definition) is 0. The molecule has 0 aliphatic heterocycles. The fraction of sp³-hybridized carbons (Fsp3) is 0.176. The Morgan fingerprint density at radius 1 is 1.04 bits per heavy atom.